The highest BCUT2D eigenvalue weighted by Gasteiger charge is 2.35. The number of carboxylic acid groups (broad SMARTS) is 1. The average Bonchev–Trinajstić information content (AvgIpc) is 3.24. The second-order valence-electron chi connectivity index (χ2n) is 8.39. The molecule has 1 aliphatic heterocycles. The maximum absolute atomic E-state index is 12.6. The second-order valence-corrected chi connectivity index (χ2v) is 8.39. The first kappa shape index (κ1) is 24.1. The third-order valence-electron chi connectivity index (χ3n) is 5.93. The van der Waals surface area contributed by atoms with Crippen LogP contribution in [0.1, 0.15) is 48.4 Å². The monoisotopic (exact) mass is 472 g/mol. The van der Waals surface area contributed by atoms with E-state index < -0.39 is 17.9 Å². The van der Waals surface area contributed by atoms with Gasteiger partial charge < -0.3 is 19.2 Å². The molecule has 7 heteroatoms. The number of carboxylic acids is 1. The van der Waals surface area contributed by atoms with Crippen LogP contribution in [0.25, 0.3) is 11.5 Å². The average molecular weight is 473 g/mol. The predicted molar refractivity (Wildman–Crippen MR) is 131 cm³/mol. The van der Waals surface area contributed by atoms with Crippen molar-refractivity contribution in [3.8, 4) is 29.0 Å². The van der Waals surface area contributed by atoms with Crippen molar-refractivity contribution >= 4 is 11.9 Å². The number of fused-ring (bicyclic) bond motifs is 1. The molecule has 1 aliphatic rings. The minimum atomic E-state index is -1.09. The Balaban J connectivity index is 1.46. The second kappa shape index (κ2) is 10.9. The summed E-state index contributed by atoms with van der Waals surface area (Å²) in [5, 5.41) is 9.92. The van der Waals surface area contributed by atoms with Gasteiger partial charge in [-0.2, -0.15) is 0 Å². The summed E-state index contributed by atoms with van der Waals surface area (Å²) in [5.74, 6) is 5.71. The van der Waals surface area contributed by atoms with Gasteiger partial charge in [-0.25, -0.2) is 9.78 Å². The van der Waals surface area contributed by atoms with Gasteiger partial charge in [0.1, 0.15) is 11.5 Å². The maximum atomic E-state index is 12.6. The van der Waals surface area contributed by atoms with E-state index in [9.17, 15) is 14.7 Å². The Labute approximate surface area is 204 Å². The highest BCUT2D eigenvalue weighted by atomic mass is 16.5. The molecule has 0 radical (unpaired) electrons. The molecule has 0 bridgehead atoms. The number of benzene rings is 2. The van der Waals surface area contributed by atoms with Gasteiger partial charge in [-0.15, -0.1) is 0 Å². The van der Waals surface area contributed by atoms with Crippen molar-refractivity contribution in [3.05, 3.63) is 71.1 Å². The lowest BCUT2D eigenvalue weighted by atomic mass is 9.92. The smallest absolute Gasteiger partial charge is 0.331 e. The first-order valence-electron chi connectivity index (χ1n) is 11.8. The van der Waals surface area contributed by atoms with E-state index >= 15 is 0 Å². The van der Waals surface area contributed by atoms with Crippen molar-refractivity contribution < 1.29 is 23.8 Å². The summed E-state index contributed by atoms with van der Waals surface area (Å²) < 4.78 is 11.8. The molecule has 3 aromatic rings. The predicted octanol–water partition coefficient (Wildman–Crippen LogP) is 4.59. The normalized spacial score (nSPS) is 14.6. The van der Waals surface area contributed by atoms with Gasteiger partial charge >= 0.3 is 5.97 Å². The molecule has 0 fully saturated rings. The molecule has 0 saturated carbocycles. The van der Waals surface area contributed by atoms with E-state index in [0.717, 1.165) is 29.0 Å². The van der Waals surface area contributed by atoms with Crippen molar-refractivity contribution in [3.63, 3.8) is 0 Å². The molecule has 1 amide bonds. The van der Waals surface area contributed by atoms with Crippen LogP contribution < -0.4 is 4.74 Å². The van der Waals surface area contributed by atoms with Gasteiger partial charge in [0, 0.05) is 24.9 Å². The summed E-state index contributed by atoms with van der Waals surface area (Å²) in [5.41, 5.74) is 3.19. The van der Waals surface area contributed by atoms with Crippen LogP contribution >= 0.6 is 0 Å². The van der Waals surface area contributed by atoms with Gasteiger partial charge in [0.05, 0.1) is 12.3 Å². The number of oxazole rings is 1. The fourth-order valence-corrected chi connectivity index (χ4v) is 4.13. The van der Waals surface area contributed by atoms with Crippen LogP contribution in [-0.4, -0.2) is 40.0 Å². The topological polar surface area (TPSA) is 92.9 Å². The summed E-state index contributed by atoms with van der Waals surface area (Å²) >= 11 is 0. The van der Waals surface area contributed by atoms with Gasteiger partial charge in [-0.3, -0.25) is 4.79 Å². The summed E-state index contributed by atoms with van der Waals surface area (Å²) in [7, 11) is 0. The van der Waals surface area contributed by atoms with Gasteiger partial charge in [0.15, 0.2) is 6.04 Å². The number of aliphatic carboxylic acids is 1. The zero-order chi connectivity index (χ0) is 24.8. The number of carbonyl (C=O) groups excluding carboxylic acids is 1. The minimum Gasteiger partial charge on any atom is -0.493 e. The van der Waals surface area contributed by atoms with E-state index in [1.807, 2.05) is 56.3 Å². The molecule has 1 unspecified atom stereocenters. The summed E-state index contributed by atoms with van der Waals surface area (Å²) in [6.07, 6.45) is 2.55. The molecule has 7 nitrogen and oxygen atoms in total. The van der Waals surface area contributed by atoms with Crippen molar-refractivity contribution in [2.24, 2.45) is 0 Å². The molecule has 1 N–H and O–H groups in total. The van der Waals surface area contributed by atoms with E-state index in [-0.39, 0.29) is 0 Å². The number of ether oxygens (including phenoxy) is 1. The zero-order valence-corrected chi connectivity index (χ0v) is 19.9. The van der Waals surface area contributed by atoms with Gasteiger partial charge in [-0.05, 0) is 61.1 Å². The van der Waals surface area contributed by atoms with Gasteiger partial charge in [0.2, 0.25) is 5.89 Å². The van der Waals surface area contributed by atoms with Crippen LogP contribution in [0.15, 0.2) is 52.9 Å². The number of carbonyl (C=O) groups is 2. The van der Waals surface area contributed by atoms with E-state index in [2.05, 4.69) is 16.8 Å². The fraction of sp³-hybridized carbons (Fsp3) is 0.321. The standard InChI is InChI=1S/C28H28N2O5/c1-3-4-6-11-25(31)30-16-14-20-12-13-22(18-23(20)26(30)28(32)33)34-17-15-24-19(2)35-27(29-24)21-9-7-5-8-10-21/h5,7-10,12-13,18,26H,3-4,14-17H2,1-2H3,(H,32,33). The molecule has 35 heavy (non-hydrogen) atoms. The van der Waals surface area contributed by atoms with Crippen LogP contribution in [-0.2, 0) is 22.4 Å². The largest absolute Gasteiger partial charge is 0.493 e. The van der Waals surface area contributed by atoms with Crippen LogP contribution in [0.3, 0.4) is 0 Å². The molecule has 1 atom stereocenters. The third kappa shape index (κ3) is 5.55. The minimum absolute atomic E-state index is 0.318. The Morgan fingerprint density at radius 1 is 1.23 bits per heavy atom. The van der Waals surface area contributed by atoms with E-state index in [0.29, 0.717) is 49.6 Å². The van der Waals surface area contributed by atoms with Crippen LogP contribution in [0.4, 0.5) is 0 Å². The SMILES string of the molecule is CCCC#CC(=O)N1CCc2ccc(OCCc3nc(-c4ccccc4)oc3C)cc2C1C(=O)O. The summed E-state index contributed by atoms with van der Waals surface area (Å²) in [6.45, 7) is 4.52. The van der Waals surface area contributed by atoms with Crippen molar-refractivity contribution in [1.82, 2.24) is 9.88 Å². The Morgan fingerprint density at radius 2 is 2.03 bits per heavy atom. The molecule has 2 aromatic carbocycles. The first-order chi connectivity index (χ1) is 17.0. The lowest BCUT2D eigenvalue weighted by molar-refractivity contribution is -0.149. The molecule has 180 valence electrons. The van der Waals surface area contributed by atoms with Crippen molar-refractivity contribution in [2.75, 3.05) is 13.2 Å². The molecule has 1 aromatic heterocycles. The van der Waals surface area contributed by atoms with E-state index in [1.165, 1.54) is 4.90 Å². The van der Waals surface area contributed by atoms with Crippen molar-refractivity contribution in [2.45, 2.75) is 45.6 Å². The fourth-order valence-electron chi connectivity index (χ4n) is 4.13. The van der Waals surface area contributed by atoms with Gasteiger partial charge in [0.25, 0.3) is 5.91 Å². The molecule has 2 heterocycles. The highest BCUT2D eigenvalue weighted by Crippen LogP contribution is 2.33. The number of hydrogen-bond donors (Lipinski definition) is 1. The lowest BCUT2D eigenvalue weighted by Crippen LogP contribution is -2.43. The molecule has 4 rings (SSSR count). The van der Waals surface area contributed by atoms with Crippen LogP contribution in [0.2, 0.25) is 0 Å². The maximum Gasteiger partial charge on any atom is 0.331 e. The number of hydrogen-bond acceptors (Lipinski definition) is 5. The highest BCUT2D eigenvalue weighted by molar-refractivity contribution is 5.96. The van der Waals surface area contributed by atoms with Crippen molar-refractivity contribution in [1.29, 1.82) is 0 Å². The number of unbranched alkanes of at least 4 members (excludes halogenated alkanes) is 1. The Kier molecular flexibility index (Phi) is 7.51. The Bertz CT molecular complexity index is 1270. The Morgan fingerprint density at radius 3 is 2.77 bits per heavy atom. The number of aryl methyl sites for hydroxylation is 1. The molecular formula is C28H28N2O5. The van der Waals surface area contributed by atoms with E-state index in [1.54, 1.807) is 6.07 Å². The number of nitrogens with zero attached hydrogens (tertiary/aromatic N) is 2. The van der Waals surface area contributed by atoms with Gasteiger partial charge in [-0.1, -0.05) is 37.1 Å². The number of amides is 1. The van der Waals surface area contributed by atoms with E-state index in [4.69, 9.17) is 9.15 Å². The quantitative estimate of drug-likeness (QED) is 0.506. The first-order valence-corrected chi connectivity index (χ1v) is 11.8. The lowest BCUT2D eigenvalue weighted by Gasteiger charge is -2.33. The van der Waals surface area contributed by atoms with Crippen LogP contribution in [0, 0.1) is 18.8 Å². The zero-order valence-electron chi connectivity index (χ0n) is 19.9. The molecule has 0 saturated heterocycles. The van der Waals surface area contributed by atoms with Crippen LogP contribution in [0.5, 0.6) is 5.75 Å². The summed E-state index contributed by atoms with van der Waals surface area (Å²) in [6, 6.07) is 14.0. The number of aromatic nitrogens is 1. The third-order valence-corrected chi connectivity index (χ3v) is 5.93. The molecular weight excluding hydrogens is 444 g/mol. The molecule has 0 aliphatic carbocycles. The molecule has 0 spiro atoms. The Hall–Kier alpha value is -4.05. The number of rotatable bonds is 7. The summed E-state index contributed by atoms with van der Waals surface area (Å²) in [4.78, 5) is 30.6.